The fourth-order valence-electron chi connectivity index (χ4n) is 3.81. The molecule has 0 fully saturated rings. The number of anilines is 1. The van der Waals surface area contributed by atoms with E-state index in [1.807, 2.05) is 0 Å². The van der Waals surface area contributed by atoms with Gasteiger partial charge in [0, 0.05) is 36.7 Å². The van der Waals surface area contributed by atoms with Gasteiger partial charge in [0.05, 0.1) is 6.54 Å². The van der Waals surface area contributed by atoms with Crippen molar-refractivity contribution >= 4 is 5.69 Å². The van der Waals surface area contributed by atoms with Gasteiger partial charge in [0.2, 0.25) is 0 Å². The molecule has 2 aliphatic heterocycles. The largest absolute Gasteiger partial charge is 0.385 e. The third-order valence-corrected chi connectivity index (χ3v) is 5.15. The molecule has 0 amide bonds. The molecule has 1 aromatic carbocycles. The van der Waals surface area contributed by atoms with Crippen LogP contribution in [0.15, 0.2) is 24.3 Å². The molecule has 4 rings (SSSR count). The molecule has 5 heteroatoms. The number of nitrogens with zero attached hydrogens (tertiary/aromatic N) is 3. The van der Waals surface area contributed by atoms with Crippen LogP contribution in [0.2, 0.25) is 0 Å². The molecule has 2 N–H and O–H groups in total. The van der Waals surface area contributed by atoms with E-state index in [2.05, 4.69) is 53.4 Å². The lowest BCUT2D eigenvalue weighted by atomic mass is 9.99. The van der Waals surface area contributed by atoms with Crippen LogP contribution in [0.5, 0.6) is 0 Å². The summed E-state index contributed by atoms with van der Waals surface area (Å²) in [5.74, 6) is 2.53. The van der Waals surface area contributed by atoms with Crippen LogP contribution in [0.25, 0.3) is 0 Å². The quantitative estimate of drug-likeness (QED) is 0.909. The minimum absolute atomic E-state index is 0.398. The van der Waals surface area contributed by atoms with Gasteiger partial charge in [-0.05, 0) is 30.9 Å². The third-order valence-electron chi connectivity index (χ3n) is 5.15. The van der Waals surface area contributed by atoms with E-state index >= 15 is 0 Å². The first kappa shape index (κ1) is 15.6. The lowest BCUT2D eigenvalue weighted by Gasteiger charge is -2.29. The predicted octanol–water partition coefficient (Wildman–Crippen LogP) is 3.25. The molecular weight excluding hydrogens is 298 g/mol. The molecule has 0 unspecified atom stereocenters. The zero-order valence-corrected chi connectivity index (χ0v) is 14.6. The zero-order valence-electron chi connectivity index (χ0n) is 14.6. The molecule has 0 saturated heterocycles. The van der Waals surface area contributed by atoms with E-state index in [0.717, 1.165) is 37.6 Å². The van der Waals surface area contributed by atoms with Gasteiger partial charge in [0.1, 0.15) is 5.82 Å². The van der Waals surface area contributed by atoms with E-state index in [-0.39, 0.29) is 0 Å². The highest BCUT2D eigenvalue weighted by molar-refractivity contribution is 5.53. The second-order valence-corrected chi connectivity index (χ2v) is 7.33. The summed E-state index contributed by atoms with van der Waals surface area (Å²) in [6, 6.07) is 9.61. The number of aromatic nitrogens is 3. The van der Waals surface area contributed by atoms with Gasteiger partial charge in [-0.1, -0.05) is 32.0 Å². The van der Waals surface area contributed by atoms with Gasteiger partial charge in [-0.15, -0.1) is 0 Å². The van der Waals surface area contributed by atoms with Crippen molar-refractivity contribution in [1.29, 1.82) is 0 Å². The number of hydrogen-bond donors (Lipinski definition) is 2. The summed E-state index contributed by atoms with van der Waals surface area (Å²) in [6.45, 7) is 6.31. The average molecular weight is 325 g/mol. The van der Waals surface area contributed by atoms with E-state index in [0.29, 0.717) is 18.0 Å². The Bertz CT molecular complexity index is 706. The first-order valence-corrected chi connectivity index (χ1v) is 9.23. The standard InChI is InChI=1S/C19H27N5/c1-13(2)19-22-18-10-9-14(12-24(18)23-19)21-17-8-5-11-20-16-7-4-3-6-15(16)17/h3-4,6-7,13-14,17,20-21H,5,8-12H2,1-2H3/t14-,17-/m1/s1. The summed E-state index contributed by atoms with van der Waals surface area (Å²) in [5, 5.41) is 12.2. The van der Waals surface area contributed by atoms with Crippen molar-refractivity contribution in [1.82, 2.24) is 20.1 Å². The SMILES string of the molecule is CC(C)c1nc2n(n1)C[C@H](N[C@@H]1CCCNc3ccccc31)CC2. The number of nitrogens with one attached hydrogen (secondary N) is 2. The van der Waals surface area contributed by atoms with Crippen molar-refractivity contribution in [2.75, 3.05) is 11.9 Å². The van der Waals surface area contributed by atoms with Crippen LogP contribution in [0, 0.1) is 0 Å². The summed E-state index contributed by atoms with van der Waals surface area (Å²) in [7, 11) is 0. The van der Waals surface area contributed by atoms with Gasteiger partial charge < -0.3 is 10.6 Å². The molecular formula is C19H27N5. The number of benzene rings is 1. The molecule has 0 radical (unpaired) electrons. The first-order valence-electron chi connectivity index (χ1n) is 9.23. The monoisotopic (exact) mass is 325 g/mol. The summed E-state index contributed by atoms with van der Waals surface area (Å²) < 4.78 is 2.12. The normalized spacial score (nSPS) is 23.3. The van der Waals surface area contributed by atoms with Crippen molar-refractivity contribution in [3.8, 4) is 0 Å². The van der Waals surface area contributed by atoms with Crippen LogP contribution < -0.4 is 10.6 Å². The zero-order chi connectivity index (χ0) is 16.5. The Morgan fingerprint density at radius 1 is 1.25 bits per heavy atom. The smallest absolute Gasteiger partial charge is 0.153 e. The Kier molecular flexibility index (Phi) is 4.27. The number of fused-ring (bicyclic) bond motifs is 2. The Morgan fingerprint density at radius 3 is 3.00 bits per heavy atom. The van der Waals surface area contributed by atoms with Crippen molar-refractivity contribution in [2.24, 2.45) is 0 Å². The van der Waals surface area contributed by atoms with Crippen molar-refractivity contribution in [3.05, 3.63) is 41.5 Å². The maximum absolute atomic E-state index is 4.71. The number of rotatable bonds is 3. The molecule has 0 bridgehead atoms. The molecule has 0 saturated carbocycles. The van der Waals surface area contributed by atoms with Crippen LogP contribution >= 0.6 is 0 Å². The van der Waals surface area contributed by atoms with Gasteiger partial charge in [-0.25, -0.2) is 9.67 Å². The fourth-order valence-corrected chi connectivity index (χ4v) is 3.81. The minimum atomic E-state index is 0.398. The Hall–Kier alpha value is -1.88. The predicted molar refractivity (Wildman–Crippen MR) is 96.3 cm³/mol. The van der Waals surface area contributed by atoms with E-state index < -0.39 is 0 Å². The third kappa shape index (κ3) is 3.05. The van der Waals surface area contributed by atoms with E-state index in [1.54, 1.807) is 0 Å². The minimum Gasteiger partial charge on any atom is -0.385 e. The van der Waals surface area contributed by atoms with Crippen LogP contribution in [-0.4, -0.2) is 27.4 Å². The molecule has 2 aromatic rings. The maximum atomic E-state index is 4.71. The summed E-state index contributed by atoms with van der Waals surface area (Å²) in [4.78, 5) is 4.70. The van der Waals surface area contributed by atoms with Crippen LogP contribution in [0.4, 0.5) is 5.69 Å². The highest BCUT2D eigenvalue weighted by atomic mass is 15.4. The van der Waals surface area contributed by atoms with E-state index in [1.165, 1.54) is 24.1 Å². The number of hydrogen-bond acceptors (Lipinski definition) is 4. The number of aryl methyl sites for hydroxylation is 1. The Morgan fingerprint density at radius 2 is 2.12 bits per heavy atom. The summed E-state index contributed by atoms with van der Waals surface area (Å²) >= 11 is 0. The molecule has 2 aliphatic rings. The second kappa shape index (κ2) is 6.55. The van der Waals surface area contributed by atoms with E-state index in [9.17, 15) is 0 Å². The first-order chi connectivity index (χ1) is 11.7. The summed E-state index contributed by atoms with van der Waals surface area (Å²) in [6.07, 6.45) is 4.54. The van der Waals surface area contributed by atoms with Crippen molar-refractivity contribution < 1.29 is 0 Å². The maximum Gasteiger partial charge on any atom is 0.153 e. The molecule has 128 valence electrons. The molecule has 1 aromatic heterocycles. The van der Waals surface area contributed by atoms with Gasteiger partial charge in [-0.3, -0.25) is 0 Å². The lowest BCUT2D eigenvalue weighted by molar-refractivity contribution is 0.319. The highest BCUT2D eigenvalue weighted by Crippen LogP contribution is 2.30. The molecule has 2 atom stereocenters. The Balaban J connectivity index is 1.50. The topological polar surface area (TPSA) is 54.8 Å². The fraction of sp³-hybridized carbons (Fsp3) is 0.579. The Labute approximate surface area is 143 Å². The molecule has 0 aliphatic carbocycles. The number of para-hydroxylation sites is 1. The van der Waals surface area contributed by atoms with E-state index in [4.69, 9.17) is 10.1 Å². The second-order valence-electron chi connectivity index (χ2n) is 7.33. The van der Waals surface area contributed by atoms with Crippen LogP contribution in [-0.2, 0) is 13.0 Å². The lowest BCUT2D eigenvalue weighted by Crippen LogP contribution is -2.40. The van der Waals surface area contributed by atoms with Crippen LogP contribution in [0.3, 0.4) is 0 Å². The highest BCUT2D eigenvalue weighted by Gasteiger charge is 2.26. The van der Waals surface area contributed by atoms with Gasteiger partial charge >= 0.3 is 0 Å². The summed E-state index contributed by atoms with van der Waals surface area (Å²) in [5.41, 5.74) is 2.69. The van der Waals surface area contributed by atoms with Gasteiger partial charge in [-0.2, -0.15) is 5.10 Å². The molecule has 5 nitrogen and oxygen atoms in total. The van der Waals surface area contributed by atoms with Gasteiger partial charge in [0.25, 0.3) is 0 Å². The molecule has 3 heterocycles. The van der Waals surface area contributed by atoms with Gasteiger partial charge in [0.15, 0.2) is 5.82 Å². The van der Waals surface area contributed by atoms with Crippen molar-refractivity contribution in [3.63, 3.8) is 0 Å². The van der Waals surface area contributed by atoms with Crippen molar-refractivity contribution in [2.45, 2.75) is 64.1 Å². The molecule has 0 spiro atoms. The average Bonchev–Trinajstić information content (AvgIpc) is 2.91. The molecule has 24 heavy (non-hydrogen) atoms. The van der Waals surface area contributed by atoms with Crippen LogP contribution in [0.1, 0.15) is 62.3 Å².